The van der Waals surface area contributed by atoms with Crippen LogP contribution in [-0.4, -0.2) is 43.6 Å². The van der Waals surface area contributed by atoms with Crippen LogP contribution < -0.4 is 19.5 Å². The number of amides is 2. The highest BCUT2D eigenvalue weighted by Crippen LogP contribution is 2.35. The Morgan fingerprint density at radius 2 is 1.79 bits per heavy atom. The van der Waals surface area contributed by atoms with E-state index in [-0.39, 0.29) is 18.1 Å². The summed E-state index contributed by atoms with van der Waals surface area (Å²) in [5.74, 6) is 1.12. The second-order valence-corrected chi connectivity index (χ2v) is 6.47. The third kappa shape index (κ3) is 3.42. The molecule has 0 fully saturated rings. The van der Waals surface area contributed by atoms with E-state index in [0.29, 0.717) is 47.3 Å². The summed E-state index contributed by atoms with van der Waals surface area (Å²) in [7, 11) is 1.57. The van der Waals surface area contributed by atoms with E-state index in [9.17, 15) is 9.59 Å². The first-order valence-corrected chi connectivity index (χ1v) is 9.15. The van der Waals surface area contributed by atoms with Gasteiger partial charge in [0.15, 0.2) is 11.5 Å². The van der Waals surface area contributed by atoms with Crippen LogP contribution in [0, 0.1) is 0 Å². The number of hydrogen-bond acceptors (Lipinski definition) is 6. The summed E-state index contributed by atoms with van der Waals surface area (Å²) < 4.78 is 16.3. The van der Waals surface area contributed by atoms with Crippen LogP contribution in [0.4, 0.5) is 5.69 Å². The lowest BCUT2D eigenvalue weighted by molar-refractivity contribution is -0.136. The van der Waals surface area contributed by atoms with Gasteiger partial charge in [0.1, 0.15) is 24.7 Å². The largest absolute Gasteiger partial charge is 0.497 e. The Morgan fingerprint density at radius 3 is 2.48 bits per heavy atom. The highest BCUT2D eigenvalue weighted by Gasteiger charge is 2.38. The van der Waals surface area contributed by atoms with Gasteiger partial charge < -0.3 is 19.5 Å². The third-order valence-corrected chi connectivity index (χ3v) is 4.67. The molecule has 2 amide bonds. The first kappa shape index (κ1) is 18.6. The zero-order valence-electron chi connectivity index (χ0n) is 15.9. The maximum absolute atomic E-state index is 13.0. The minimum absolute atomic E-state index is 0.129. The van der Waals surface area contributed by atoms with E-state index >= 15 is 0 Å². The van der Waals surface area contributed by atoms with E-state index in [1.54, 1.807) is 49.6 Å². The second-order valence-electron chi connectivity index (χ2n) is 6.47. The van der Waals surface area contributed by atoms with Gasteiger partial charge in [0.05, 0.1) is 12.7 Å². The molecule has 2 aromatic rings. The van der Waals surface area contributed by atoms with Crippen molar-refractivity contribution >= 4 is 23.1 Å². The molecule has 0 bridgehead atoms. The Bertz CT molecular complexity index is 1010. The number of nitrogens with zero attached hydrogens (tertiary/aromatic N) is 1. The van der Waals surface area contributed by atoms with Crippen molar-refractivity contribution in [3.05, 3.63) is 66.4 Å². The van der Waals surface area contributed by atoms with E-state index < -0.39 is 5.91 Å². The number of methoxy groups -OCH3 is 1. The molecular weight excluding hydrogens is 372 g/mol. The van der Waals surface area contributed by atoms with Gasteiger partial charge in [0.25, 0.3) is 11.8 Å². The lowest BCUT2D eigenvalue weighted by Gasteiger charge is -2.19. The SMILES string of the molecule is C=CCN1C(=O)C(Nc2ccc3c(c2)OCCO3)=C(c2ccc(OC)cc2)C1=O. The fraction of sp³-hybridized carbons (Fsp3) is 0.182. The van der Waals surface area contributed by atoms with Gasteiger partial charge in [-0.25, -0.2) is 0 Å². The third-order valence-electron chi connectivity index (χ3n) is 4.67. The van der Waals surface area contributed by atoms with Gasteiger partial charge in [0.2, 0.25) is 0 Å². The van der Waals surface area contributed by atoms with Crippen molar-refractivity contribution in [1.29, 1.82) is 0 Å². The summed E-state index contributed by atoms with van der Waals surface area (Å²) >= 11 is 0. The van der Waals surface area contributed by atoms with Gasteiger partial charge in [-0.2, -0.15) is 0 Å². The van der Waals surface area contributed by atoms with Crippen molar-refractivity contribution in [2.75, 3.05) is 32.2 Å². The average molecular weight is 392 g/mol. The molecule has 7 nitrogen and oxygen atoms in total. The fourth-order valence-corrected chi connectivity index (χ4v) is 3.28. The highest BCUT2D eigenvalue weighted by atomic mass is 16.6. The Kier molecular flexibility index (Phi) is 4.95. The van der Waals surface area contributed by atoms with Crippen molar-refractivity contribution in [2.24, 2.45) is 0 Å². The number of fused-ring (bicyclic) bond motifs is 1. The summed E-state index contributed by atoms with van der Waals surface area (Å²) in [6.45, 7) is 4.72. The molecule has 148 valence electrons. The number of carbonyl (C=O) groups excluding carboxylic acids is 2. The Morgan fingerprint density at radius 1 is 1.07 bits per heavy atom. The van der Waals surface area contributed by atoms with Crippen LogP contribution in [0.1, 0.15) is 5.56 Å². The summed E-state index contributed by atoms with van der Waals surface area (Å²) in [6.07, 6.45) is 1.52. The Balaban J connectivity index is 1.74. The molecular formula is C22H20N2O5. The second kappa shape index (κ2) is 7.71. The lowest BCUT2D eigenvalue weighted by atomic mass is 10.0. The topological polar surface area (TPSA) is 77.1 Å². The van der Waals surface area contributed by atoms with Crippen LogP contribution in [0.25, 0.3) is 5.57 Å². The Hall–Kier alpha value is -3.74. The van der Waals surface area contributed by atoms with Gasteiger partial charge in [-0.3, -0.25) is 14.5 Å². The number of imide groups is 1. The summed E-state index contributed by atoms with van der Waals surface area (Å²) in [6, 6.07) is 12.3. The van der Waals surface area contributed by atoms with Gasteiger partial charge in [0, 0.05) is 18.3 Å². The van der Waals surface area contributed by atoms with E-state index in [1.807, 2.05) is 0 Å². The van der Waals surface area contributed by atoms with Crippen molar-refractivity contribution < 1.29 is 23.8 Å². The smallest absolute Gasteiger partial charge is 0.278 e. The normalized spacial score (nSPS) is 15.6. The van der Waals surface area contributed by atoms with Crippen molar-refractivity contribution in [3.63, 3.8) is 0 Å². The Labute approximate surface area is 168 Å². The monoisotopic (exact) mass is 392 g/mol. The van der Waals surface area contributed by atoms with E-state index in [1.165, 1.54) is 6.08 Å². The van der Waals surface area contributed by atoms with E-state index in [0.717, 1.165) is 4.90 Å². The molecule has 0 saturated carbocycles. The number of benzene rings is 2. The van der Waals surface area contributed by atoms with Crippen LogP contribution in [0.5, 0.6) is 17.2 Å². The fourth-order valence-electron chi connectivity index (χ4n) is 3.28. The number of anilines is 1. The van der Waals surface area contributed by atoms with Gasteiger partial charge >= 0.3 is 0 Å². The number of rotatable bonds is 6. The first-order valence-electron chi connectivity index (χ1n) is 9.15. The van der Waals surface area contributed by atoms with Crippen LogP contribution in [-0.2, 0) is 9.59 Å². The molecule has 2 aromatic carbocycles. The number of nitrogens with one attached hydrogen (secondary N) is 1. The van der Waals surface area contributed by atoms with Crippen LogP contribution in [0.3, 0.4) is 0 Å². The molecule has 1 N–H and O–H groups in total. The zero-order valence-corrected chi connectivity index (χ0v) is 15.9. The van der Waals surface area contributed by atoms with E-state index in [4.69, 9.17) is 14.2 Å². The van der Waals surface area contributed by atoms with Gasteiger partial charge in [-0.15, -0.1) is 6.58 Å². The molecule has 0 spiro atoms. The van der Waals surface area contributed by atoms with Crippen molar-refractivity contribution in [3.8, 4) is 17.2 Å². The maximum atomic E-state index is 13.0. The van der Waals surface area contributed by atoms with Crippen LogP contribution in [0.2, 0.25) is 0 Å². The van der Waals surface area contributed by atoms with E-state index in [2.05, 4.69) is 11.9 Å². The molecule has 2 aliphatic heterocycles. The molecule has 29 heavy (non-hydrogen) atoms. The molecule has 2 aliphatic rings. The molecule has 7 heteroatoms. The van der Waals surface area contributed by atoms with Gasteiger partial charge in [-0.1, -0.05) is 18.2 Å². The summed E-state index contributed by atoms with van der Waals surface area (Å²) in [5, 5.41) is 3.10. The summed E-state index contributed by atoms with van der Waals surface area (Å²) in [5.41, 5.74) is 1.75. The standard InChI is InChI=1S/C22H20N2O5/c1-3-10-24-21(25)19(14-4-7-16(27-2)8-5-14)20(22(24)26)23-15-6-9-17-18(13-15)29-12-11-28-17/h3-9,13,23H,1,10-12H2,2H3. The molecule has 0 atom stereocenters. The lowest BCUT2D eigenvalue weighted by Crippen LogP contribution is -2.32. The quantitative estimate of drug-likeness (QED) is 0.602. The highest BCUT2D eigenvalue weighted by molar-refractivity contribution is 6.36. The maximum Gasteiger partial charge on any atom is 0.278 e. The van der Waals surface area contributed by atoms with Crippen LogP contribution in [0.15, 0.2) is 60.8 Å². The molecule has 0 saturated heterocycles. The minimum atomic E-state index is -0.407. The molecule has 0 aromatic heterocycles. The molecule has 2 heterocycles. The number of carbonyl (C=O) groups is 2. The molecule has 0 unspecified atom stereocenters. The predicted molar refractivity (Wildman–Crippen MR) is 108 cm³/mol. The average Bonchev–Trinajstić information content (AvgIpc) is 2.98. The molecule has 4 rings (SSSR count). The minimum Gasteiger partial charge on any atom is -0.497 e. The van der Waals surface area contributed by atoms with Crippen molar-refractivity contribution in [2.45, 2.75) is 0 Å². The predicted octanol–water partition coefficient (Wildman–Crippen LogP) is 2.84. The number of ether oxygens (including phenoxy) is 3. The van der Waals surface area contributed by atoms with Gasteiger partial charge in [-0.05, 0) is 29.8 Å². The van der Waals surface area contributed by atoms with Crippen LogP contribution >= 0.6 is 0 Å². The molecule has 0 radical (unpaired) electrons. The summed E-state index contributed by atoms with van der Waals surface area (Å²) in [4.78, 5) is 27.1. The first-order chi connectivity index (χ1) is 14.1. The zero-order chi connectivity index (χ0) is 20.4. The van der Waals surface area contributed by atoms with Crippen molar-refractivity contribution in [1.82, 2.24) is 4.90 Å². The molecule has 0 aliphatic carbocycles. The number of hydrogen-bond donors (Lipinski definition) is 1.